The lowest BCUT2D eigenvalue weighted by atomic mass is 10.0. The Bertz CT molecular complexity index is 294. The van der Waals surface area contributed by atoms with E-state index >= 15 is 0 Å². The Morgan fingerprint density at radius 2 is 2.46 bits per heavy atom. The second-order valence-corrected chi connectivity index (χ2v) is 5.22. The number of hydrogen-bond acceptors (Lipinski definition) is 3. The first kappa shape index (κ1) is 9.46. The van der Waals surface area contributed by atoms with Crippen LogP contribution in [0.4, 0.5) is 5.69 Å². The van der Waals surface area contributed by atoms with Gasteiger partial charge in [0.05, 0.1) is 5.69 Å². The van der Waals surface area contributed by atoms with Crippen LogP contribution in [-0.2, 0) is 0 Å². The van der Waals surface area contributed by atoms with Crippen molar-refractivity contribution in [3.63, 3.8) is 0 Å². The highest BCUT2D eigenvalue weighted by Gasteiger charge is 2.21. The molecule has 0 amide bonds. The number of halogens is 1. The zero-order valence-electron chi connectivity index (χ0n) is 7.25. The summed E-state index contributed by atoms with van der Waals surface area (Å²) >= 11 is 5.28. The molecule has 13 heavy (non-hydrogen) atoms. The minimum atomic E-state index is 0.519. The van der Waals surface area contributed by atoms with Crippen LogP contribution in [0.3, 0.4) is 0 Å². The van der Waals surface area contributed by atoms with Crippen LogP contribution in [-0.4, -0.2) is 11.5 Å². The Kier molecular flexibility index (Phi) is 2.89. The van der Waals surface area contributed by atoms with Gasteiger partial charge in [-0.15, -0.1) is 0 Å². The normalized spacial score (nSPS) is 23.3. The van der Waals surface area contributed by atoms with Crippen molar-refractivity contribution in [2.24, 2.45) is 0 Å². The average Bonchev–Trinajstić information content (AvgIpc) is 2.47. The van der Waals surface area contributed by atoms with Gasteiger partial charge in [0.15, 0.2) is 4.67 Å². The van der Waals surface area contributed by atoms with Gasteiger partial charge in [0.1, 0.15) is 5.76 Å². The number of anilines is 1. The van der Waals surface area contributed by atoms with E-state index in [1.807, 2.05) is 17.8 Å². The fourth-order valence-electron chi connectivity index (χ4n) is 1.65. The van der Waals surface area contributed by atoms with E-state index in [1.165, 1.54) is 18.6 Å². The molecule has 2 N–H and O–H groups in total. The summed E-state index contributed by atoms with van der Waals surface area (Å²) in [7, 11) is 0. The standard InChI is InChI=1S/C9H12BrNOS/c10-8-4-7(11)9(12-8)6-2-1-3-13-5-6/h4,6H,1-3,5,11H2. The van der Waals surface area contributed by atoms with E-state index in [9.17, 15) is 0 Å². The Balaban J connectivity index is 2.18. The monoisotopic (exact) mass is 261 g/mol. The molecule has 0 saturated carbocycles. The molecule has 0 radical (unpaired) electrons. The number of rotatable bonds is 1. The fourth-order valence-corrected chi connectivity index (χ4v) is 3.21. The first-order chi connectivity index (χ1) is 6.27. The van der Waals surface area contributed by atoms with Crippen molar-refractivity contribution in [2.45, 2.75) is 18.8 Å². The van der Waals surface area contributed by atoms with Crippen LogP contribution in [0.25, 0.3) is 0 Å². The van der Waals surface area contributed by atoms with Gasteiger partial charge in [-0.2, -0.15) is 11.8 Å². The van der Waals surface area contributed by atoms with Gasteiger partial charge < -0.3 is 10.2 Å². The van der Waals surface area contributed by atoms with Crippen LogP contribution in [0.5, 0.6) is 0 Å². The highest BCUT2D eigenvalue weighted by Crippen LogP contribution is 2.36. The van der Waals surface area contributed by atoms with E-state index in [2.05, 4.69) is 15.9 Å². The molecule has 2 nitrogen and oxygen atoms in total. The summed E-state index contributed by atoms with van der Waals surface area (Å²) in [6.07, 6.45) is 2.48. The number of furan rings is 1. The van der Waals surface area contributed by atoms with Crippen LogP contribution in [0.15, 0.2) is 15.2 Å². The molecular weight excluding hydrogens is 250 g/mol. The van der Waals surface area contributed by atoms with E-state index in [0.29, 0.717) is 5.92 Å². The van der Waals surface area contributed by atoms with Gasteiger partial charge in [0, 0.05) is 17.7 Å². The highest BCUT2D eigenvalue weighted by atomic mass is 79.9. The summed E-state index contributed by atoms with van der Waals surface area (Å²) < 4.78 is 6.28. The van der Waals surface area contributed by atoms with Crippen LogP contribution < -0.4 is 5.73 Å². The molecule has 1 aromatic heterocycles. The summed E-state index contributed by atoms with van der Waals surface area (Å²) in [5.41, 5.74) is 6.63. The van der Waals surface area contributed by atoms with Crippen molar-refractivity contribution in [1.29, 1.82) is 0 Å². The van der Waals surface area contributed by atoms with Gasteiger partial charge in [-0.05, 0) is 34.5 Å². The fraction of sp³-hybridized carbons (Fsp3) is 0.556. The maximum atomic E-state index is 5.84. The molecule has 2 heterocycles. The largest absolute Gasteiger partial charge is 0.452 e. The van der Waals surface area contributed by atoms with Gasteiger partial charge in [-0.1, -0.05) is 0 Å². The number of nitrogens with two attached hydrogens (primary N) is 1. The van der Waals surface area contributed by atoms with Crippen molar-refractivity contribution >= 4 is 33.4 Å². The molecule has 0 bridgehead atoms. The first-order valence-corrected chi connectivity index (χ1v) is 6.34. The van der Waals surface area contributed by atoms with Crippen molar-refractivity contribution in [1.82, 2.24) is 0 Å². The maximum absolute atomic E-state index is 5.84. The molecule has 1 aliphatic heterocycles. The summed E-state index contributed by atoms with van der Waals surface area (Å²) in [6, 6.07) is 1.84. The second-order valence-electron chi connectivity index (χ2n) is 3.28. The number of hydrogen-bond donors (Lipinski definition) is 1. The number of nitrogen functional groups attached to an aromatic ring is 1. The third kappa shape index (κ3) is 2.05. The number of thioether (sulfide) groups is 1. The summed E-state index contributed by atoms with van der Waals surface area (Å²) in [5.74, 6) is 3.91. The molecule has 1 aliphatic rings. The molecule has 0 spiro atoms. The average molecular weight is 262 g/mol. The van der Waals surface area contributed by atoms with Gasteiger partial charge in [-0.3, -0.25) is 0 Å². The Morgan fingerprint density at radius 3 is 3.00 bits per heavy atom. The topological polar surface area (TPSA) is 39.2 Å². The molecule has 72 valence electrons. The van der Waals surface area contributed by atoms with Crippen LogP contribution in [0.2, 0.25) is 0 Å². The predicted octanol–water partition coefficient (Wildman–Crippen LogP) is 3.23. The second kappa shape index (κ2) is 3.96. The third-order valence-electron chi connectivity index (χ3n) is 2.29. The molecule has 1 aromatic rings. The molecule has 0 aromatic carbocycles. The minimum Gasteiger partial charge on any atom is -0.452 e. The van der Waals surface area contributed by atoms with Crippen LogP contribution in [0, 0.1) is 0 Å². The summed E-state index contributed by atoms with van der Waals surface area (Å²) in [6.45, 7) is 0. The molecule has 1 fully saturated rings. The summed E-state index contributed by atoms with van der Waals surface area (Å²) in [4.78, 5) is 0. The van der Waals surface area contributed by atoms with E-state index in [4.69, 9.17) is 10.2 Å². The van der Waals surface area contributed by atoms with Crippen LogP contribution in [0.1, 0.15) is 24.5 Å². The van der Waals surface area contributed by atoms with E-state index in [1.54, 1.807) is 0 Å². The summed E-state index contributed by atoms with van der Waals surface area (Å²) in [5, 5.41) is 0. The smallest absolute Gasteiger partial charge is 0.171 e. The van der Waals surface area contributed by atoms with E-state index < -0.39 is 0 Å². The Labute approximate surface area is 90.4 Å². The van der Waals surface area contributed by atoms with Gasteiger partial charge in [0.2, 0.25) is 0 Å². The maximum Gasteiger partial charge on any atom is 0.171 e. The third-order valence-corrected chi connectivity index (χ3v) is 3.90. The quantitative estimate of drug-likeness (QED) is 0.844. The van der Waals surface area contributed by atoms with E-state index in [-0.39, 0.29) is 0 Å². The molecule has 1 unspecified atom stereocenters. The SMILES string of the molecule is Nc1cc(Br)oc1C1CCCSC1. The molecular formula is C9H12BrNOS. The molecule has 2 rings (SSSR count). The van der Waals surface area contributed by atoms with Crippen molar-refractivity contribution < 1.29 is 4.42 Å². The lowest BCUT2D eigenvalue weighted by Crippen LogP contribution is -2.09. The predicted molar refractivity (Wildman–Crippen MR) is 60.1 cm³/mol. The van der Waals surface area contributed by atoms with Gasteiger partial charge in [-0.25, -0.2) is 0 Å². The molecule has 1 saturated heterocycles. The van der Waals surface area contributed by atoms with E-state index in [0.717, 1.165) is 21.9 Å². The first-order valence-electron chi connectivity index (χ1n) is 4.40. The molecule has 4 heteroatoms. The van der Waals surface area contributed by atoms with Crippen molar-refractivity contribution in [3.8, 4) is 0 Å². The zero-order chi connectivity index (χ0) is 9.26. The van der Waals surface area contributed by atoms with Gasteiger partial charge >= 0.3 is 0 Å². The molecule has 0 aliphatic carbocycles. The molecule has 1 atom stereocenters. The van der Waals surface area contributed by atoms with Crippen LogP contribution >= 0.6 is 27.7 Å². The Hall–Kier alpha value is -0.0900. The lowest BCUT2D eigenvalue weighted by Gasteiger charge is -2.19. The minimum absolute atomic E-state index is 0.519. The Morgan fingerprint density at radius 1 is 1.62 bits per heavy atom. The van der Waals surface area contributed by atoms with Crippen molar-refractivity contribution in [3.05, 3.63) is 16.5 Å². The lowest BCUT2D eigenvalue weighted by molar-refractivity contribution is 0.445. The highest BCUT2D eigenvalue weighted by molar-refractivity contribution is 9.10. The van der Waals surface area contributed by atoms with Crippen molar-refractivity contribution in [2.75, 3.05) is 17.2 Å². The zero-order valence-corrected chi connectivity index (χ0v) is 9.66. The van der Waals surface area contributed by atoms with Gasteiger partial charge in [0.25, 0.3) is 0 Å².